The van der Waals surface area contributed by atoms with Crippen molar-refractivity contribution in [1.82, 2.24) is 0 Å². The molecule has 0 aliphatic carbocycles. The van der Waals surface area contributed by atoms with E-state index in [2.05, 4.69) is 0 Å². The minimum absolute atomic E-state index is 0.111. The molecule has 86 valence electrons. The molecule has 0 aromatic heterocycles. The summed E-state index contributed by atoms with van der Waals surface area (Å²) in [6.45, 7) is 6.83. The summed E-state index contributed by atoms with van der Waals surface area (Å²) in [6, 6.07) is 0. The largest absolute Gasteiger partial charge is 0.368 e. The maximum Gasteiger partial charge on any atom is 0.153 e. The van der Waals surface area contributed by atoms with Crippen molar-refractivity contribution >= 4 is 21.6 Å². The van der Waals surface area contributed by atoms with E-state index >= 15 is 0 Å². The molecular formula is C8H18O4S2. The van der Waals surface area contributed by atoms with Gasteiger partial charge in [-0.05, 0) is 27.7 Å². The van der Waals surface area contributed by atoms with Crippen molar-refractivity contribution in [2.24, 2.45) is 0 Å². The van der Waals surface area contributed by atoms with Gasteiger partial charge >= 0.3 is 0 Å². The first-order valence-electron chi connectivity index (χ1n) is 4.41. The van der Waals surface area contributed by atoms with E-state index in [9.17, 15) is 0 Å². The molecule has 0 saturated carbocycles. The van der Waals surface area contributed by atoms with E-state index in [0.717, 1.165) is 0 Å². The fourth-order valence-electron chi connectivity index (χ4n) is 0.757. The van der Waals surface area contributed by atoms with Crippen LogP contribution in [0, 0.1) is 0 Å². The standard InChI is InChI=1S/C8H18O4S2/c1-5(9)11-7(3)13-14-8(4)12-6(2)10/h5-10H,1-4H3. The summed E-state index contributed by atoms with van der Waals surface area (Å²) < 4.78 is 10.2. The predicted molar refractivity (Wildman–Crippen MR) is 59.6 cm³/mol. The molecule has 0 rings (SSSR count). The zero-order chi connectivity index (χ0) is 11.1. The van der Waals surface area contributed by atoms with Crippen molar-refractivity contribution < 1.29 is 19.7 Å². The first-order chi connectivity index (χ1) is 6.41. The van der Waals surface area contributed by atoms with Crippen LogP contribution < -0.4 is 0 Å². The van der Waals surface area contributed by atoms with Crippen LogP contribution in [-0.2, 0) is 9.47 Å². The average Bonchev–Trinajstić information content (AvgIpc) is 1.98. The number of aliphatic hydroxyl groups is 2. The number of ether oxygens (including phenoxy) is 2. The minimum Gasteiger partial charge on any atom is -0.368 e. The highest BCUT2D eigenvalue weighted by Crippen LogP contribution is 2.32. The van der Waals surface area contributed by atoms with E-state index in [1.54, 1.807) is 13.8 Å². The Bertz CT molecular complexity index is 127. The molecule has 0 bridgehead atoms. The van der Waals surface area contributed by atoms with Crippen LogP contribution >= 0.6 is 21.6 Å². The highest BCUT2D eigenvalue weighted by molar-refractivity contribution is 8.77. The lowest BCUT2D eigenvalue weighted by Gasteiger charge is -2.18. The second kappa shape index (κ2) is 7.78. The lowest BCUT2D eigenvalue weighted by Crippen LogP contribution is -2.15. The van der Waals surface area contributed by atoms with Crippen molar-refractivity contribution in [2.45, 2.75) is 51.1 Å². The van der Waals surface area contributed by atoms with Crippen molar-refractivity contribution in [3.63, 3.8) is 0 Å². The number of hydrogen-bond donors (Lipinski definition) is 2. The highest BCUT2D eigenvalue weighted by atomic mass is 33.1. The van der Waals surface area contributed by atoms with Gasteiger partial charge in [-0.3, -0.25) is 0 Å². The monoisotopic (exact) mass is 242 g/mol. The topological polar surface area (TPSA) is 58.9 Å². The van der Waals surface area contributed by atoms with Gasteiger partial charge in [-0.2, -0.15) is 0 Å². The highest BCUT2D eigenvalue weighted by Gasteiger charge is 2.11. The first kappa shape index (κ1) is 14.5. The Morgan fingerprint density at radius 3 is 1.29 bits per heavy atom. The molecule has 0 spiro atoms. The minimum atomic E-state index is -0.758. The Labute approximate surface area is 92.8 Å². The molecule has 6 heteroatoms. The van der Waals surface area contributed by atoms with Crippen LogP contribution in [0.5, 0.6) is 0 Å². The van der Waals surface area contributed by atoms with Crippen LogP contribution in [-0.4, -0.2) is 33.7 Å². The first-order valence-corrected chi connectivity index (χ1v) is 6.68. The molecule has 4 atom stereocenters. The Kier molecular flexibility index (Phi) is 8.08. The maximum atomic E-state index is 8.92. The van der Waals surface area contributed by atoms with Gasteiger partial charge in [0.2, 0.25) is 0 Å². The molecule has 2 N–H and O–H groups in total. The van der Waals surface area contributed by atoms with Gasteiger partial charge in [0, 0.05) is 0 Å². The van der Waals surface area contributed by atoms with Crippen LogP contribution in [0.3, 0.4) is 0 Å². The second-order valence-corrected chi connectivity index (χ2v) is 5.67. The van der Waals surface area contributed by atoms with Gasteiger partial charge in [-0.25, -0.2) is 0 Å². The van der Waals surface area contributed by atoms with E-state index in [0.29, 0.717) is 0 Å². The molecule has 0 radical (unpaired) electrons. The van der Waals surface area contributed by atoms with Gasteiger partial charge in [0.05, 0.1) is 0 Å². The van der Waals surface area contributed by atoms with Crippen LogP contribution in [0.25, 0.3) is 0 Å². The third-order valence-corrected chi connectivity index (χ3v) is 3.94. The smallest absolute Gasteiger partial charge is 0.153 e. The molecule has 0 aliphatic rings. The summed E-state index contributed by atoms with van der Waals surface area (Å²) in [4.78, 5) is 0. The zero-order valence-electron chi connectivity index (χ0n) is 8.84. The van der Waals surface area contributed by atoms with Crippen molar-refractivity contribution in [1.29, 1.82) is 0 Å². The molecule has 14 heavy (non-hydrogen) atoms. The average molecular weight is 242 g/mol. The zero-order valence-corrected chi connectivity index (χ0v) is 10.5. The van der Waals surface area contributed by atoms with Crippen LogP contribution in [0.2, 0.25) is 0 Å². The Morgan fingerprint density at radius 1 is 0.786 bits per heavy atom. The molecule has 0 saturated heterocycles. The molecule has 0 aromatic rings. The summed E-state index contributed by atoms with van der Waals surface area (Å²) >= 11 is 0. The van der Waals surface area contributed by atoms with Gasteiger partial charge in [0.15, 0.2) is 12.6 Å². The fraction of sp³-hybridized carbons (Fsp3) is 1.00. The summed E-state index contributed by atoms with van der Waals surface area (Å²) in [5.41, 5.74) is -0.222. The second-order valence-electron chi connectivity index (χ2n) is 2.80. The molecule has 0 aliphatic heterocycles. The van der Waals surface area contributed by atoms with Gasteiger partial charge in [0.1, 0.15) is 10.9 Å². The number of aliphatic hydroxyl groups excluding tert-OH is 2. The van der Waals surface area contributed by atoms with Crippen molar-refractivity contribution in [3.8, 4) is 0 Å². The fourth-order valence-corrected chi connectivity index (χ4v) is 2.69. The molecule has 0 aromatic carbocycles. The van der Waals surface area contributed by atoms with E-state index < -0.39 is 12.6 Å². The van der Waals surface area contributed by atoms with E-state index in [1.165, 1.54) is 21.6 Å². The number of hydrogen-bond acceptors (Lipinski definition) is 6. The van der Waals surface area contributed by atoms with Crippen molar-refractivity contribution in [2.75, 3.05) is 0 Å². The molecule has 4 nitrogen and oxygen atoms in total. The summed E-state index contributed by atoms with van der Waals surface area (Å²) in [5, 5.41) is 17.8. The normalized spacial score (nSPS) is 20.1. The Balaban J connectivity index is 3.50. The lowest BCUT2D eigenvalue weighted by molar-refractivity contribution is -0.0926. The lowest BCUT2D eigenvalue weighted by atomic mass is 10.7. The Hall–Kier alpha value is 0.540. The van der Waals surface area contributed by atoms with E-state index in [-0.39, 0.29) is 10.9 Å². The summed E-state index contributed by atoms with van der Waals surface area (Å²) in [6.07, 6.45) is -1.52. The van der Waals surface area contributed by atoms with Gasteiger partial charge in [0.25, 0.3) is 0 Å². The molecule has 4 unspecified atom stereocenters. The summed E-state index contributed by atoms with van der Waals surface area (Å²) in [7, 11) is 2.91. The molecule has 0 heterocycles. The van der Waals surface area contributed by atoms with E-state index in [1.807, 2.05) is 13.8 Å². The molecule has 0 amide bonds. The molecule has 0 fully saturated rings. The molecular weight excluding hydrogens is 224 g/mol. The quantitative estimate of drug-likeness (QED) is 0.524. The van der Waals surface area contributed by atoms with E-state index in [4.69, 9.17) is 19.7 Å². The van der Waals surface area contributed by atoms with Crippen LogP contribution in [0.1, 0.15) is 27.7 Å². The predicted octanol–water partition coefficient (Wildman–Crippen LogP) is 1.77. The van der Waals surface area contributed by atoms with Crippen LogP contribution in [0.15, 0.2) is 0 Å². The third kappa shape index (κ3) is 9.11. The Morgan fingerprint density at radius 2 is 1.07 bits per heavy atom. The van der Waals surface area contributed by atoms with Crippen molar-refractivity contribution in [3.05, 3.63) is 0 Å². The van der Waals surface area contributed by atoms with Gasteiger partial charge in [-0.1, -0.05) is 21.6 Å². The SMILES string of the molecule is CC(O)OC(C)SSC(C)OC(C)O. The van der Waals surface area contributed by atoms with Gasteiger partial charge < -0.3 is 19.7 Å². The number of rotatable bonds is 7. The third-order valence-electron chi connectivity index (χ3n) is 1.10. The maximum absolute atomic E-state index is 8.92. The van der Waals surface area contributed by atoms with Crippen LogP contribution in [0.4, 0.5) is 0 Å². The van der Waals surface area contributed by atoms with Gasteiger partial charge in [-0.15, -0.1) is 0 Å². The summed E-state index contributed by atoms with van der Waals surface area (Å²) in [5.74, 6) is 0.